The molecule has 0 bridgehead atoms. The van der Waals surface area contributed by atoms with Gasteiger partial charge in [0.15, 0.2) is 0 Å². The second-order valence-corrected chi connectivity index (χ2v) is 2.42. The second kappa shape index (κ2) is 5.24. The van der Waals surface area contributed by atoms with Gasteiger partial charge in [0.25, 0.3) is 0 Å². The van der Waals surface area contributed by atoms with Gasteiger partial charge in [0.1, 0.15) is 0 Å². The fraction of sp³-hybridized carbons (Fsp3) is 0.556. The highest BCUT2D eigenvalue weighted by Gasteiger charge is 1.91. The molecule has 0 fully saturated rings. The van der Waals surface area contributed by atoms with Gasteiger partial charge in [0, 0.05) is 7.11 Å². The average Bonchev–Trinajstić information content (AvgIpc) is 1.99. The Morgan fingerprint density at radius 1 is 1.30 bits per heavy atom. The van der Waals surface area contributed by atoms with Gasteiger partial charge in [-0.15, -0.1) is 6.58 Å². The van der Waals surface area contributed by atoms with Crippen molar-refractivity contribution in [2.75, 3.05) is 7.11 Å². The SMILES string of the molecule is C=CC(C)/C=C\C(C)OC. The summed E-state index contributed by atoms with van der Waals surface area (Å²) in [7, 11) is 1.70. The number of allylic oxidation sites excluding steroid dienone is 2. The summed E-state index contributed by atoms with van der Waals surface area (Å²) >= 11 is 0. The molecule has 0 N–H and O–H groups in total. The number of methoxy groups -OCH3 is 1. The van der Waals surface area contributed by atoms with Gasteiger partial charge in [-0.3, -0.25) is 0 Å². The van der Waals surface area contributed by atoms with Crippen molar-refractivity contribution in [3.8, 4) is 0 Å². The van der Waals surface area contributed by atoms with E-state index in [1.807, 2.05) is 19.1 Å². The van der Waals surface area contributed by atoms with Crippen LogP contribution < -0.4 is 0 Å². The minimum absolute atomic E-state index is 0.211. The first-order chi connectivity index (χ1) is 4.70. The molecule has 2 atom stereocenters. The summed E-state index contributed by atoms with van der Waals surface area (Å²) in [4.78, 5) is 0. The minimum atomic E-state index is 0.211. The molecule has 0 spiro atoms. The quantitative estimate of drug-likeness (QED) is 0.545. The van der Waals surface area contributed by atoms with Crippen LogP contribution in [0.1, 0.15) is 13.8 Å². The minimum Gasteiger partial charge on any atom is -0.378 e. The molecule has 0 saturated heterocycles. The molecule has 0 aliphatic carbocycles. The molecule has 0 aromatic heterocycles. The van der Waals surface area contributed by atoms with E-state index in [1.54, 1.807) is 7.11 Å². The van der Waals surface area contributed by atoms with Crippen molar-refractivity contribution >= 4 is 0 Å². The maximum atomic E-state index is 5.02. The van der Waals surface area contributed by atoms with Gasteiger partial charge >= 0.3 is 0 Å². The van der Waals surface area contributed by atoms with Crippen molar-refractivity contribution in [2.24, 2.45) is 5.92 Å². The third kappa shape index (κ3) is 4.33. The van der Waals surface area contributed by atoms with Crippen LogP contribution in [0.2, 0.25) is 0 Å². The highest BCUT2D eigenvalue weighted by atomic mass is 16.5. The standard InChI is InChI=1S/C9H16O/c1-5-8(2)6-7-9(3)10-4/h5-9H,1H2,2-4H3/b7-6-. The van der Waals surface area contributed by atoms with Crippen LogP contribution in [-0.2, 0) is 4.74 Å². The zero-order valence-electron chi connectivity index (χ0n) is 7.00. The van der Waals surface area contributed by atoms with E-state index >= 15 is 0 Å². The fourth-order valence-corrected chi connectivity index (χ4v) is 0.489. The first kappa shape index (κ1) is 9.44. The molecule has 58 valence electrons. The van der Waals surface area contributed by atoms with Gasteiger partial charge in [-0.05, 0) is 12.8 Å². The van der Waals surface area contributed by atoms with Crippen molar-refractivity contribution in [3.05, 3.63) is 24.8 Å². The Labute approximate surface area is 63.4 Å². The first-order valence-electron chi connectivity index (χ1n) is 3.54. The zero-order valence-corrected chi connectivity index (χ0v) is 7.00. The largest absolute Gasteiger partial charge is 0.378 e. The van der Waals surface area contributed by atoms with E-state index in [2.05, 4.69) is 19.6 Å². The van der Waals surface area contributed by atoms with E-state index in [0.29, 0.717) is 5.92 Å². The molecule has 0 aliphatic rings. The van der Waals surface area contributed by atoms with E-state index in [1.165, 1.54) is 0 Å². The molecule has 0 radical (unpaired) electrons. The predicted molar refractivity (Wildman–Crippen MR) is 45.0 cm³/mol. The van der Waals surface area contributed by atoms with E-state index < -0.39 is 0 Å². The van der Waals surface area contributed by atoms with E-state index in [0.717, 1.165) is 0 Å². The third-order valence-electron chi connectivity index (χ3n) is 1.43. The number of hydrogen-bond acceptors (Lipinski definition) is 1. The second-order valence-electron chi connectivity index (χ2n) is 2.42. The number of rotatable bonds is 4. The number of ether oxygens (including phenoxy) is 1. The molecule has 2 unspecified atom stereocenters. The smallest absolute Gasteiger partial charge is 0.0724 e. The van der Waals surface area contributed by atoms with Gasteiger partial charge in [0.05, 0.1) is 6.10 Å². The average molecular weight is 140 g/mol. The molecular weight excluding hydrogens is 124 g/mol. The zero-order chi connectivity index (χ0) is 7.98. The van der Waals surface area contributed by atoms with Crippen LogP contribution in [-0.4, -0.2) is 13.2 Å². The monoisotopic (exact) mass is 140 g/mol. The van der Waals surface area contributed by atoms with Crippen molar-refractivity contribution in [1.82, 2.24) is 0 Å². The van der Waals surface area contributed by atoms with Crippen LogP contribution in [0.15, 0.2) is 24.8 Å². The molecule has 0 aromatic carbocycles. The van der Waals surface area contributed by atoms with Gasteiger partial charge in [-0.25, -0.2) is 0 Å². The molecule has 0 rings (SSSR count). The fourth-order valence-electron chi connectivity index (χ4n) is 0.489. The Bertz CT molecular complexity index is 116. The molecular formula is C9H16O. The normalized spacial score (nSPS) is 17.1. The lowest BCUT2D eigenvalue weighted by atomic mass is 10.1. The summed E-state index contributed by atoms with van der Waals surface area (Å²) in [5, 5.41) is 0. The Kier molecular flexibility index (Phi) is 4.95. The highest BCUT2D eigenvalue weighted by molar-refractivity contribution is 4.97. The van der Waals surface area contributed by atoms with Crippen LogP contribution in [0.3, 0.4) is 0 Å². The van der Waals surface area contributed by atoms with Gasteiger partial charge in [-0.1, -0.05) is 25.2 Å². The Hall–Kier alpha value is -0.560. The highest BCUT2D eigenvalue weighted by Crippen LogP contribution is 1.99. The summed E-state index contributed by atoms with van der Waals surface area (Å²) in [5.74, 6) is 0.442. The van der Waals surface area contributed by atoms with Crippen LogP contribution >= 0.6 is 0 Å². The molecule has 0 amide bonds. The van der Waals surface area contributed by atoms with Crippen LogP contribution in [0.25, 0.3) is 0 Å². The summed E-state index contributed by atoms with van der Waals surface area (Å²) in [6.07, 6.45) is 6.23. The Morgan fingerprint density at radius 3 is 2.30 bits per heavy atom. The van der Waals surface area contributed by atoms with Gasteiger partial charge in [-0.2, -0.15) is 0 Å². The molecule has 0 aliphatic heterocycles. The third-order valence-corrected chi connectivity index (χ3v) is 1.43. The molecule has 0 aromatic rings. The summed E-state index contributed by atoms with van der Waals surface area (Å²) < 4.78 is 5.02. The molecule has 10 heavy (non-hydrogen) atoms. The number of hydrogen-bond donors (Lipinski definition) is 0. The topological polar surface area (TPSA) is 9.23 Å². The van der Waals surface area contributed by atoms with Gasteiger partial charge < -0.3 is 4.74 Å². The Morgan fingerprint density at radius 2 is 1.90 bits per heavy atom. The Balaban J connectivity index is 3.62. The van der Waals surface area contributed by atoms with Crippen LogP contribution in [0.4, 0.5) is 0 Å². The van der Waals surface area contributed by atoms with E-state index in [4.69, 9.17) is 4.74 Å². The molecule has 1 nitrogen and oxygen atoms in total. The maximum Gasteiger partial charge on any atom is 0.0724 e. The van der Waals surface area contributed by atoms with Crippen molar-refractivity contribution in [2.45, 2.75) is 20.0 Å². The summed E-state index contributed by atoms with van der Waals surface area (Å²) in [6.45, 7) is 7.77. The maximum absolute atomic E-state index is 5.02. The lowest BCUT2D eigenvalue weighted by Crippen LogP contribution is -1.99. The van der Waals surface area contributed by atoms with Crippen LogP contribution in [0, 0.1) is 5.92 Å². The molecule has 1 heteroatoms. The van der Waals surface area contributed by atoms with Crippen LogP contribution in [0.5, 0.6) is 0 Å². The lowest BCUT2D eigenvalue weighted by Gasteiger charge is -2.02. The van der Waals surface area contributed by atoms with Crippen molar-refractivity contribution in [3.63, 3.8) is 0 Å². The molecule has 0 saturated carbocycles. The van der Waals surface area contributed by atoms with Gasteiger partial charge in [0.2, 0.25) is 0 Å². The van der Waals surface area contributed by atoms with Crippen molar-refractivity contribution in [1.29, 1.82) is 0 Å². The van der Waals surface area contributed by atoms with E-state index in [-0.39, 0.29) is 6.10 Å². The van der Waals surface area contributed by atoms with Crippen molar-refractivity contribution < 1.29 is 4.74 Å². The summed E-state index contributed by atoms with van der Waals surface area (Å²) in [6, 6.07) is 0. The first-order valence-corrected chi connectivity index (χ1v) is 3.54. The van der Waals surface area contributed by atoms with E-state index in [9.17, 15) is 0 Å². The predicted octanol–water partition coefficient (Wildman–Crippen LogP) is 2.40. The molecule has 0 heterocycles. The lowest BCUT2D eigenvalue weighted by molar-refractivity contribution is 0.156. The summed E-state index contributed by atoms with van der Waals surface area (Å²) in [5.41, 5.74) is 0.